The van der Waals surface area contributed by atoms with Crippen molar-refractivity contribution in [3.8, 4) is 0 Å². The third kappa shape index (κ3) is 2.32. The van der Waals surface area contributed by atoms with E-state index in [0.29, 0.717) is 0 Å². The summed E-state index contributed by atoms with van der Waals surface area (Å²) in [6, 6.07) is 3.10. The van der Waals surface area contributed by atoms with Crippen LogP contribution in [0.2, 0.25) is 0 Å². The van der Waals surface area contributed by atoms with Crippen LogP contribution in [0, 0.1) is 18.6 Å². The zero-order valence-electron chi connectivity index (χ0n) is 9.83. The maximum absolute atomic E-state index is 13.5. The van der Waals surface area contributed by atoms with E-state index in [1.807, 2.05) is 4.98 Å². The van der Waals surface area contributed by atoms with Crippen molar-refractivity contribution in [2.75, 3.05) is 0 Å². The lowest BCUT2D eigenvalue weighted by molar-refractivity contribution is 0.202. The predicted octanol–water partition coefficient (Wildman–Crippen LogP) is 0.732. The number of aliphatic hydroxyl groups is 1. The number of aromatic nitrogens is 2. The number of H-pyrrole nitrogens is 2. The van der Waals surface area contributed by atoms with Gasteiger partial charge in [-0.2, -0.15) is 0 Å². The predicted molar refractivity (Wildman–Crippen MR) is 62.8 cm³/mol. The van der Waals surface area contributed by atoms with Gasteiger partial charge >= 0.3 is 5.69 Å². The number of benzene rings is 1. The SMILES string of the molecule is Cc1c(C(O)c2c(F)cccc2F)[nH]c(=O)[nH]c1=O. The molecule has 0 saturated heterocycles. The molecule has 1 aromatic carbocycles. The van der Waals surface area contributed by atoms with Crippen molar-refractivity contribution in [2.24, 2.45) is 0 Å². The number of hydrogen-bond donors (Lipinski definition) is 3. The van der Waals surface area contributed by atoms with Crippen LogP contribution in [0.15, 0.2) is 27.8 Å². The van der Waals surface area contributed by atoms with Gasteiger partial charge in [-0.25, -0.2) is 13.6 Å². The molecule has 0 aliphatic heterocycles. The van der Waals surface area contributed by atoms with Crippen LogP contribution >= 0.6 is 0 Å². The maximum atomic E-state index is 13.5. The fraction of sp³-hybridized carbons (Fsp3) is 0.167. The summed E-state index contributed by atoms with van der Waals surface area (Å²) in [5.41, 5.74) is -2.46. The zero-order chi connectivity index (χ0) is 14.2. The number of aliphatic hydroxyl groups excluding tert-OH is 1. The molecule has 0 spiro atoms. The molecule has 0 aliphatic carbocycles. The van der Waals surface area contributed by atoms with E-state index in [1.54, 1.807) is 0 Å². The Hall–Kier alpha value is -2.28. The fourth-order valence-electron chi connectivity index (χ4n) is 1.76. The molecule has 0 saturated carbocycles. The van der Waals surface area contributed by atoms with E-state index in [1.165, 1.54) is 6.92 Å². The van der Waals surface area contributed by atoms with E-state index in [2.05, 4.69) is 4.98 Å². The molecule has 1 unspecified atom stereocenters. The van der Waals surface area contributed by atoms with Gasteiger partial charge in [0.05, 0.1) is 11.3 Å². The molecule has 100 valence electrons. The highest BCUT2D eigenvalue weighted by Gasteiger charge is 2.22. The molecule has 5 nitrogen and oxygen atoms in total. The number of nitrogens with one attached hydrogen (secondary N) is 2. The smallest absolute Gasteiger partial charge is 0.326 e. The quantitative estimate of drug-likeness (QED) is 0.750. The molecule has 0 bridgehead atoms. The Kier molecular flexibility index (Phi) is 3.30. The minimum absolute atomic E-state index is 0.0187. The molecule has 1 aromatic heterocycles. The van der Waals surface area contributed by atoms with E-state index in [9.17, 15) is 23.5 Å². The summed E-state index contributed by atoms with van der Waals surface area (Å²) < 4.78 is 27.1. The van der Waals surface area contributed by atoms with E-state index < -0.39 is 34.6 Å². The van der Waals surface area contributed by atoms with E-state index in [-0.39, 0.29) is 11.3 Å². The van der Waals surface area contributed by atoms with Crippen LogP contribution in [0.5, 0.6) is 0 Å². The van der Waals surface area contributed by atoms with Crippen molar-refractivity contribution in [2.45, 2.75) is 13.0 Å². The van der Waals surface area contributed by atoms with Crippen LogP contribution in [-0.2, 0) is 0 Å². The lowest BCUT2D eigenvalue weighted by Gasteiger charge is -2.14. The molecule has 19 heavy (non-hydrogen) atoms. The van der Waals surface area contributed by atoms with Crippen LogP contribution < -0.4 is 11.2 Å². The lowest BCUT2D eigenvalue weighted by atomic mass is 10.0. The molecular formula is C12H10F2N2O3. The van der Waals surface area contributed by atoms with Crippen molar-refractivity contribution < 1.29 is 13.9 Å². The first-order valence-electron chi connectivity index (χ1n) is 5.37. The number of rotatable bonds is 2. The highest BCUT2D eigenvalue weighted by Crippen LogP contribution is 2.25. The van der Waals surface area contributed by atoms with Gasteiger partial charge in [-0.1, -0.05) is 6.07 Å². The average Bonchev–Trinajstić information content (AvgIpc) is 2.33. The lowest BCUT2D eigenvalue weighted by Crippen LogP contribution is -2.28. The van der Waals surface area contributed by atoms with Crippen LogP contribution in [0.25, 0.3) is 0 Å². The summed E-state index contributed by atoms with van der Waals surface area (Å²) in [4.78, 5) is 26.7. The molecule has 7 heteroatoms. The molecule has 2 aromatic rings. The molecule has 1 heterocycles. The van der Waals surface area contributed by atoms with Crippen molar-refractivity contribution in [3.05, 3.63) is 67.5 Å². The van der Waals surface area contributed by atoms with Gasteiger partial charge in [0.15, 0.2) is 0 Å². The second-order valence-corrected chi connectivity index (χ2v) is 3.98. The first-order chi connectivity index (χ1) is 8.91. The third-order valence-corrected chi connectivity index (χ3v) is 2.77. The topological polar surface area (TPSA) is 85.9 Å². The van der Waals surface area contributed by atoms with Gasteiger partial charge in [-0.3, -0.25) is 9.78 Å². The summed E-state index contributed by atoms with van der Waals surface area (Å²) in [7, 11) is 0. The van der Waals surface area contributed by atoms with Crippen LogP contribution in [0.1, 0.15) is 22.9 Å². The molecule has 0 radical (unpaired) electrons. The van der Waals surface area contributed by atoms with Gasteiger partial charge in [0.25, 0.3) is 5.56 Å². The molecule has 0 aliphatic rings. The van der Waals surface area contributed by atoms with Crippen molar-refractivity contribution >= 4 is 0 Å². The first kappa shape index (κ1) is 13.2. The van der Waals surface area contributed by atoms with Gasteiger partial charge in [-0.05, 0) is 19.1 Å². The molecule has 2 rings (SSSR count). The minimum Gasteiger partial charge on any atom is -0.382 e. The van der Waals surface area contributed by atoms with Crippen molar-refractivity contribution in [3.63, 3.8) is 0 Å². The highest BCUT2D eigenvalue weighted by molar-refractivity contribution is 5.31. The van der Waals surface area contributed by atoms with Crippen molar-refractivity contribution in [1.82, 2.24) is 9.97 Å². The average molecular weight is 268 g/mol. The highest BCUT2D eigenvalue weighted by atomic mass is 19.1. The Balaban J connectivity index is 2.66. The number of hydrogen-bond acceptors (Lipinski definition) is 3. The van der Waals surface area contributed by atoms with Crippen LogP contribution in [0.4, 0.5) is 8.78 Å². The van der Waals surface area contributed by atoms with E-state index in [0.717, 1.165) is 18.2 Å². The zero-order valence-corrected chi connectivity index (χ0v) is 9.83. The van der Waals surface area contributed by atoms with Crippen LogP contribution in [0.3, 0.4) is 0 Å². The fourth-order valence-corrected chi connectivity index (χ4v) is 1.76. The summed E-state index contributed by atoms with van der Waals surface area (Å²) in [6.45, 7) is 1.33. The Morgan fingerprint density at radius 1 is 1.16 bits per heavy atom. The molecule has 0 fully saturated rings. The number of halogens is 2. The van der Waals surface area contributed by atoms with Gasteiger partial charge in [0, 0.05) is 5.56 Å². The summed E-state index contributed by atoms with van der Waals surface area (Å²) in [6.07, 6.45) is -1.77. The Bertz CT molecular complexity index is 716. The second kappa shape index (κ2) is 4.77. The Labute approximate surface area is 105 Å². The third-order valence-electron chi connectivity index (χ3n) is 2.77. The first-order valence-corrected chi connectivity index (χ1v) is 5.37. The molecular weight excluding hydrogens is 258 g/mol. The largest absolute Gasteiger partial charge is 0.382 e. The van der Waals surface area contributed by atoms with E-state index >= 15 is 0 Å². The maximum Gasteiger partial charge on any atom is 0.326 e. The normalized spacial score (nSPS) is 12.4. The summed E-state index contributed by atoms with van der Waals surface area (Å²) in [5, 5.41) is 9.98. The second-order valence-electron chi connectivity index (χ2n) is 3.98. The molecule has 3 N–H and O–H groups in total. The van der Waals surface area contributed by atoms with Gasteiger partial charge in [-0.15, -0.1) is 0 Å². The summed E-state index contributed by atoms with van der Waals surface area (Å²) in [5.74, 6) is -1.93. The Morgan fingerprint density at radius 3 is 2.32 bits per heavy atom. The van der Waals surface area contributed by atoms with Crippen molar-refractivity contribution in [1.29, 1.82) is 0 Å². The standard InChI is InChI=1S/C12H10F2N2O3/c1-5-9(15-12(19)16-11(5)18)10(17)8-6(13)3-2-4-7(8)14/h2-4,10,17H,1H3,(H2,15,16,18,19). The minimum atomic E-state index is -1.77. The molecule has 1 atom stereocenters. The van der Waals surface area contributed by atoms with Gasteiger partial charge in [0.2, 0.25) is 0 Å². The number of aromatic amines is 2. The molecule has 0 amide bonds. The monoisotopic (exact) mass is 268 g/mol. The van der Waals surface area contributed by atoms with E-state index in [4.69, 9.17) is 0 Å². The van der Waals surface area contributed by atoms with Gasteiger partial charge in [0.1, 0.15) is 17.7 Å². The van der Waals surface area contributed by atoms with Crippen LogP contribution in [-0.4, -0.2) is 15.1 Å². The Morgan fingerprint density at radius 2 is 1.74 bits per heavy atom. The summed E-state index contributed by atoms with van der Waals surface area (Å²) >= 11 is 0. The van der Waals surface area contributed by atoms with Gasteiger partial charge < -0.3 is 10.1 Å².